The number of carbonyl (C=O) groups is 1. The van der Waals surface area contributed by atoms with Crippen LogP contribution in [0.4, 0.5) is 0 Å². The first-order valence-corrected chi connectivity index (χ1v) is 2.29. The van der Waals surface area contributed by atoms with Crippen LogP contribution >= 0.6 is 0 Å². The topological polar surface area (TPSA) is 98.0 Å². The van der Waals surface area contributed by atoms with Gasteiger partial charge in [0.1, 0.15) is 6.10 Å². The average Bonchev–Trinajstić information content (AvgIpc) is 1.84. The van der Waals surface area contributed by atoms with Gasteiger partial charge in [-0.3, -0.25) is 0 Å². The van der Waals surface area contributed by atoms with E-state index in [9.17, 15) is 4.79 Å². The van der Waals surface area contributed by atoms with Crippen LogP contribution in [-0.4, -0.2) is 45.2 Å². The van der Waals surface area contributed by atoms with E-state index in [1.165, 1.54) is 0 Å². The quantitative estimate of drug-likeness (QED) is 0.352. The van der Waals surface area contributed by atoms with E-state index >= 15 is 0 Å². The van der Waals surface area contributed by atoms with E-state index in [4.69, 9.17) is 20.4 Å². The van der Waals surface area contributed by atoms with Crippen molar-refractivity contribution in [1.82, 2.24) is 0 Å². The van der Waals surface area contributed by atoms with Gasteiger partial charge in [-0.25, -0.2) is 4.79 Å². The maximum Gasteiger partial charge on any atom is 0.335 e. The van der Waals surface area contributed by atoms with E-state index in [1.807, 2.05) is 0 Å². The first kappa shape index (κ1) is 8.35. The molecule has 2 atom stereocenters. The van der Waals surface area contributed by atoms with Gasteiger partial charge in [0.15, 0.2) is 6.10 Å². The minimum atomic E-state index is -1.89. The Balaban J connectivity index is 3.72. The fraction of sp³-hybridized carbons (Fsp3) is 0.750. The van der Waals surface area contributed by atoms with Gasteiger partial charge in [0.05, 0.1) is 6.61 Å². The van der Waals surface area contributed by atoms with Crippen molar-refractivity contribution >= 4 is 5.97 Å². The Morgan fingerprint density at radius 1 is 1.44 bits per heavy atom. The number of hydrogen-bond acceptors (Lipinski definition) is 4. The zero-order valence-electron chi connectivity index (χ0n) is 4.56. The Hall–Kier alpha value is -0.650. The average molecular weight is 136 g/mol. The molecule has 9 heavy (non-hydrogen) atoms. The third-order valence-electron chi connectivity index (χ3n) is 0.805. The molecule has 0 aliphatic rings. The van der Waals surface area contributed by atoms with Crippen molar-refractivity contribution in [1.29, 1.82) is 0 Å². The summed E-state index contributed by atoms with van der Waals surface area (Å²) in [7, 11) is 0. The molecule has 0 radical (unpaired) electrons. The summed E-state index contributed by atoms with van der Waals surface area (Å²) in [5.74, 6) is -1.54. The fourth-order valence-corrected chi connectivity index (χ4v) is 0.264. The van der Waals surface area contributed by atoms with Crippen molar-refractivity contribution in [2.24, 2.45) is 0 Å². The standard InChI is InChI=1S/C4H8O5/c5-1-2(6)3(7)4(8)9/h2-3,5-7H,1H2,(H,8,9)/t2-,3-/m1/s1. The first-order chi connectivity index (χ1) is 4.09. The zero-order chi connectivity index (χ0) is 7.44. The normalized spacial score (nSPS) is 16.8. The van der Waals surface area contributed by atoms with Crippen LogP contribution in [0.2, 0.25) is 0 Å². The molecule has 0 aliphatic carbocycles. The summed E-state index contributed by atoms with van der Waals surface area (Å²) >= 11 is 0. The predicted octanol–water partition coefficient (Wildman–Crippen LogP) is -2.21. The van der Waals surface area contributed by atoms with Crippen molar-refractivity contribution in [3.8, 4) is 0 Å². The molecule has 0 unspecified atom stereocenters. The van der Waals surface area contributed by atoms with E-state index < -0.39 is 24.8 Å². The molecule has 4 N–H and O–H groups in total. The smallest absolute Gasteiger partial charge is 0.335 e. The lowest BCUT2D eigenvalue weighted by Gasteiger charge is -2.09. The van der Waals surface area contributed by atoms with Crippen LogP contribution in [0.5, 0.6) is 0 Å². The molecule has 0 aromatic carbocycles. The van der Waals surface area contributed by atoms with Gasteiger partial charge in [-0.05, 0) is 0 Å². The molecule has 5 nitrogen and oxygen atoms in total. The van der Waals surface area contributed by atoms with Gasteiger partial charge < -0.3 is 20.4 Å². The lowest BCUT2D eigenvalue weighted by molar-refractivity contribution is -0.154. The second-order valence-corrected chi connectivity index (χ2v) is 1.53. The molecule has 0 rings (SSSR count). The number of carboxylic acid groups (broad SMARTS) is 1. The van der Waals surface area contributed by atoms with E-state index in [1.54, 1.807) is 0 Å². The SMILES string of the molecule is O=C(O)[C@H](O)[C@H](O)CO. The Morgan fingerprint density at radius 2 is 1.89 bits per heavy atom. The van der Waals surface area contributed by atoms with Crippen LogP contribution in [0.3, 0.4) is 0 Å². The highest BCUT2D eigenvalue weighted by molar-refractivity contribution is 5.72. The van der Waals surface area contributed by atoms with Gasteiger partial charge in [-0.2, -0.15) is 0 Å². The summed E-state index contributed by atoms with van der Waals surface area (Å²) in [6.07, 6.45) is -3.49. The Morgan fingerprint density at radius 3 is 2.00 bits per heavy atom. The zero-order valence-corrected chi connectivity index (χ0v) is 4.56. The van der Waals surface area contributed by atoms with Crippen LogP contribution < -0.4 is 0 Å². The minimum Gasteiger partial charge on any atom is -0.479 e. The van der Waals surface area contributed by atoms with Crippen LogP contribution in [0.1, 0.15) is 0 Å². The molecule has 54 valence electrons. The summed E-state index contributed by atoms with van der Waals surface area (Å²) in [6.45, 7) is -0.756. The van der Waals surface area contributed by atoms with Gasteiger partial charge >= 0.3 is 5.97 Å². The first-order valence-electron chi connectivity index (χ1n) is 2.29. The fourth-order valence-electron chi connectivity index (χ4n) is 0.264. The Bertz CT molecular complexity index is 101. The van der Waals surface area contributed by atoms with Gasteiger partial charge in [-0.15, -0.1) is 0 Å². The van der Waals surface area contributed by atoms with Crippen molar-refractivity contribution in [2.75, 3.05) is 6.61 Å². The van der Waals surface area contributed by atoms with Crippen LogP contribution in [0.15, 0.2) is 0 Å². The van der Waals surface area contributed by atoms with Gasteiger partial charge in [0.25, 0.3) is 0 Å². The molecule has 0 saturated carbocycles. The lowest BCUT2D eigenvalue weighted by atomic mass is 10.2. The molecule has 0 aromatic heterocycles. The summed E-state index contributed by atoms with van der Waals surface area (Å²) in [5, 5.41) is 32.8. The highest BCUT2D eigenvalue weighted by Gasteiger charge is 2.21. The summed E-state index contributed by atoms with van der Waals surface area (Å²) < 4.78 is 0. The van der Waals surface area contributed by atoms with E-state index in [0.717, 1.165) is 0 Å². The number of hydrogen-bond donors (Lipinski definition) is 4. The number of aliphatic hydroxyl groups excluding tert-OH is 3. The molecule has 0 amide bonds. The van der Waals surface area contributed by atoms with Crippen molar-refractivity contribution in [3.63, 3.8) is 0 Å². The van der Waals surface area contributed by atoms with E-state index in [-0.39, 0.29) is 0 Å². The van der Waals surface area contributed by atoms with E-state index in [0.29, 0.717) is 0 Å². The molecule has 0 aliphatic heterocycles. The Kier molecular flexibility index (Phi) is 3.15. The maximum absolute atomic E-state index is 9.78. The van der Waals surface area contributed by atoms with Gasteiger partial charge in [-0.1, -0.05) is 0 Å². The van der Waals surface area contributed by atoms with Gasteiger partial charge in [0.2, 0.25) is 0 Å². The third-order valence-corrected chi connectivity index (χ3v) is 0.805. The predicted molar refractivity (Wildman–Crippen MR) is 26.7 cm³/mol. The third kappa shape index (κ3) is 2.41. The summed E-state index contributed by atoms with van der Waals surface area (Å²) in [4.78, 5) is 9.78. The Labute approximate surface area is 51.2 Å². The molecule has 5 heteroatoms. The number of aliphatic carboxylic acids is 1. The second kappa shape index (κ2) is 3.39. The molecule has 0 bridgehead atoms. The molecule has 0 fully saturated rings. The highest BCUT2D eigenvalue weighted by atomic mass is 16.4. The molecule has 0 saturated heterocycles. The van der Waals surface area contributed by atoms with Crippen molar-refractivity contribution in [3.05, 3.63) is 0 Å². The van der Waals surface area contributed by atoms with E-state index in [2.05, 4.69) is 0 Å². The summed E-state index contributed by atoms with van der Waals surface area (Å²) in [5.41, 5.74) is 0. The van der Waals surface area contributed by atoms with Crippen LogP contribution in [-0.2, 0) is 4.79 Å². The highest BCUT2D eigenvalue weighted by Crippen LogP contribution is 1.90. The van der Waals surface area contributed by atoms with Crippen LogP contribution in [0, 0.1) is 0 Å². The number of carboxylic acids is 1. The summed E-state index contributed by atoms with van der Waals surface area (Å²) in [6, 6.07) is 0. The lowest BCUT2D eigenvalue weighted by Crippen LogP contribution is -2.36. The van der Waals surface area contributed by atoms with Crippen molar-refractivity contribution in [2.45, 2.75) is 12.2 Å². The number of rotatable bonds is 3. The van der Waals surface area contributed by atoms with Crippen LogP contribution in [0.25, 0.3) is 0 Å². The molecule has 0 aromatic rings. The maximum atomic E-state index is 9.78. The monoisotopic (exact) mass is 136 g/mol. The molecule has 0 spiro atoms. The number of aliphatic hydroxyl groups is 3. The largest absolute Gasteiger partial charge is 0.479 e. The molecular weight excluding hydrogens is 128 g/mol. The van der Waals surface area contributed by atoms with Crippen molar-refractivity contribution < 1.29 is 25.2 Å². The van der Waals surface area contributed by atoms with Gasteiger partial charge in [0, 0.05) is 0 Å². The molecular formula is C4H8O5. The minimum absolute atomic E-state index is 0.756. The molecule has 0 heterocycles. The second-order valence-electron chi connectivity index (χ2n) is 1.53.